The number of pyridine rings is 1. The van der Waals surface area contributed by atoms with Crippen molar-refractivity contribution in [2.45, 2.75) is 19.7 Å². The van der Waals surface area contributed by atoms with Crippen molar-refractivity contribution in [3.05, 3.63) is 6.20 Å². The molecule has 0 aromatic carbocycles. The van der Waals surface area contributed by atoms with E-state index >= 15 is 0 Å². The Labute approximate surface area is 129 Å². The number of rotatable bonds is 4. The van der Waals surface area contributed by atoms with Gasteiger partial charge in [0.15, 0.2) is 0 Å². The van der Waals surface area contributed by atoms with Crippen molar-refractivity contribution < 1.29 is 0 Å². The normalized spacial score (nSPS) is 10.6. The van der Waals surface area contributed by atoms with Crippen LogP contribution in [0.3, 0.4) is 0 Å². The first-order valence-corrected chi connectivity index (χ1v) is 13.6. The molecule has 14 heavy (non-hydrogen) atoms. The van der Waals surface area contributed by atoms with Crippen LogP contribution in [0, 0.1) is 0 Å². The van der Waals surface area contributed by atoms with E-state index in [4.69, 9.17) is 0 Å². The first kappa shape index (κ1) is 14.5. The van der Waals surface area contributed by atoms with E-state index in [9.17, 15) is 0 Å². The van der Waals surface area contributed by atoms with Gasteiger partial charge >= 0.3 is 0 Å². The first-order chi connectivity index (χ1) is 6.78. The molecule has 78 valence electrons. The number of aromatic nitrogens is 1. The Morgan fingerprint density at radius 3 is 1.93 bits per heavy atom. The minimum Gasteiger partial charge on any atom is -0.247 e. The zero-order valence-corrected chi connectivity index (χ0v) is 15.8. The van der Waals surface area contributed by atoms with Crippen molar-refractivity contribution in [2.24, 2.45) is 0 Å². The molecule has 0 saturated heterocycles. The van der Waals surface area contributed by atoms with Crippen molar-refractivity contribution in [2.75, 3.05) is 0 Å². The lowest BCUT2D eigenvalue weighted by Gasteiger charge is -2.09. The Morgan fingerprint density at radius 2 is 1.50 bits per heavy atom. The van der Waals surface area contributed by atoms with Gasteiger partial charge in [0, 0.05) is 6.20 Å². The molecule has 0 atom stereocenters. The van der Waals surface area contributed by atoms with Crippen LogP contribution in [0.1, 0.15) is 0 Å². The van der Waals surface area contributed by atoms with E-state index in [1.54, 1.807) is 0 Å². The Bertz CT molecular complexity index is 292. The van der Waals surface area contributed by atoms with Crippen LogP contribution < -0.4 is 0 Å². The molecule has 1 rings (SSSR count). The highest BCUT2D eigenvalue weighted by Crippen LogP contribution is 2.48. The van der Waals surface area contributed by atoms with Crippen LogP contribution in [0.5, 0.6) is 0 Å². The lowest BCUT2D eigenvalue weighted by atomic mass is 10.5. The van der Waals surface area contributed by atoms with Gasteiger partial charge in [0.05, 0.1) is 14.7 Å². The minimum atomic E-state index is 0.958. The van der Waals surface area contributed by atoms with E-state index in [0.29, 0.717) is 0 Å². The second-order valence-corrected chi connectivity index (χ2v) is 8.04. The summed E-state index contributed by atoms with van der Waals surface area (Å²) in [7, 11) is 6.02. The Balaban J connectivity index is 3.28. The molecule has 0 aliphatic heterocycles. The molecule has 0 radical (unpaired) electrons. The van der Waals surface area contributed by atoms with E-state index in [-0.39, 0.29) is 0 Å². The summed E-state index contributed by atoms with van der Waals surface area (Å²) < 4.78 is 0. The molecule has 9 heteroatoms. The summed E-state index contributed by atoms with van der Waals surface area (Å²) in [6.07, 6.45) is 1.85. The fourth-order valence-electron chi connectivity index (χ4n) is 0.695. The molecule has 1 aromatic heterocycles. The van der Waals surface area contributed by atoms with E-state index < -0.39 is 0 Å². The van der Waals surface area contributed by atoms with Gasteiger partial charge in [-0.15, -0.1) is 0 Å². The van der Waals surface area contributed by atoms with E-state index in [1.807, 2.05) is 6.20 Å². The van der Waals surface area contributed by atoms with Gasteiger partial charge in [-0.25, -0.2) is 4.98 Å². The van der Waals surface area contributed by atoms with Crippen molar-refractivity contribution >= 4 is 100 Å². The summed E-state index contributed by atoms with van der Waals surface area (Å²) in [6.45, 7) is 0. The summed E-state index contributed by atoms with van der Waals surface area (Å²) in [6, 6.07) is 0. The highest BCUT2D eigenvalue weighted by atomic mass is 79.9. The molecule has 0 N–H and O–H groups in total. The fourth-order valence-corrected chi connectivity index (χ4v) is 8.05. The molecule has 0 aliphatic rings. The van der Waals surface area contributed by atoms with E-state index in [2.05, 4.69) is 64.2 Å². The second-order valence-electron chi connectivity index (χ2n) is 1.89. The molecule has 0 unspecified atom stereocenters. The number of hydrogen-bond donors (Lipinski definition) is 0. The monoisotopic (exact) mass is 519 g/mol. The van der Waals surface area contributed by atoms with Gasteiger partial charge in [-0.3, -0.25) is 0 Å². The Morgan fingerprint density at radius 1 is 0.857 bits per heavy atom. The van der Waals surface area contributed by atoms with Crippen LogP contribution in [0.25, 0.3) is 0 Å². The third kappa shape index (κ3) is 3.48. The Kier molecular flexibility index (Phi) is 8.02. The average molecular weight is 523 g/mol. The minimum absolute atomic E-state index is 0.958. The first-order valence-electron chi connectivity index (χ1n) is 2.95. The average Bonchev–Trinajstić information content (AvgIpc) is 2.26. The van der Waals surface area contributed by atoms with Crippen molar-refractivity contribution in [3.8, 4) is 0 Å². The number of hydrogen-bond acceptors (Lipinski definition) is 5. The zero-order valence-electron chi connectivity index (χ0n) is 6.17. The van der Waals surface area contributed by atoms with Crippen molar-refractivity contribution in [3.63, 3.8) is 0 Å². The molecule has 1 nitrogen and oxygen atoms in total. The lowest BCUT2D eigenvalue weighted by molar-refractivity contribution is 0.921. The second kappa shape index (κ2) is 7.73. The van der Waals surface area contributed by atoms with Gasteiger partial charge in [-0.05, 0) is 100 Å². The van der Waals surface area contributed by atoms with Crippen LogP contribution in [0.2, 0.25) is 0 Å². The molecule has 0 saturated carbocycles. The fraction of sp³-hybridized carbons (Fsp3) is 0. The molecule has 0 bridgehead atoms. The maximum absolute atomic E-state index is 4.33. The number of halogens is 4. The van der Waals surface area contributed by atoms with Gasteiger partial charge in [-0.1, -0.05) is 0 Å². The van der Waals surface area contributed by atoms with E-state index in [0.717, 1.165) is 19.7 Å². The van der Waals surface area contributed by atoms with Gasteiger partial charge in [0.25, 0.3) is 0 Å². The molecular formula is C5HBr4NS4. The van der Waals surface area contributed by atoms with Crippen LogP contribution in [0.4, 0.5) is 0 Å². The molecule has 0 amide bonds. The lowest BCUT2D eigenvalue weighted by Crippen LogP contribution is -1.86. The molecule has 0 spiro atoms. The van der Waals surface area contributed by atoms with Gasteiger partial charge < -0.3 is 0 Å². The van der Waals surface area contributed by atoms with Crippen LogP contribution >= 0.6 is 100 Å². The van der Waals surface area contributed by atoms with Crippen LogP contribution in [-0.2, 0) is 0 Å². The van der Waals surface area contributed by atoms with Crippen LogP contribution in [0.15, 0.2) is 25.9 Å². The molecule has 0 aliphatic carbocycles. The standard InChI is InChI=1S/C5HBr4NS4/c6-11-2-1-10-5(14-9)4(13-8)3(2)12-7/h1H. The highest BCUT2D eigenvalue weighted by Gasteiger charge is 2.14. The predicted octanol–water partition coefficient (Wildman–Crippen LogP) is 6.69. The van der Waals surface area contributed by atoms with E-state index in [1.165, 1.54) is 40.8 Å². The SMILES string of the molecule is BrSc1cnc(SBr)c(SBr)c1SBr. The van der Waals surface area contributed by atoms with Gasteiger partial charge in [0.2, 0.25) is 0 Å². The molecular weight excluding hydrogens is 522 g/mol. The summed E-state index contributed by atoms with van der Waals surface area (Å²) in [5.74, 6) is 0. The summed E-state index contributed by atoms with van der Waals surface area (Å²) in [4.78, 5) is 7.69. The Hall–Kier alpha value is 2.47. The highest BCUT2D eigenvalue weighted by molar-refractivity contribution is 9.51. The summed E-state index contributed by atoms with van der Waals surface area (Å²) in [5, 5.41) is 0.958. The smallest absolute Gasteiger partial charge is 0.123 e. The van der Waals surface area contributed by atoms with Crippen molar-refractivity contribution in [1.82, 2.24) is 4.98 Å². The van der Waals surface area contributed by atoms with Crippen LogP contribution in [-0.4, -0.2) is 4.98 Å². The third-order valence-corrected chi connectivity index (χ3v) is 7.59. The number of nitrogens with zero attached hydrogens (tertiary/aromatic N) is 1. The third-order valence-electron chi connectivity index (χ3n) is 1.23. The predicted molar refractivity (Wildman–Crippen MR) is 83.4 cm³/mol. The van der Waals surface area contributed by atoms with Crippen molar-refractivity contribution in [1.29, 1.82) is 0 Å². The largest absolute Gasteiger partial charge is 0.247 e. The summed E-state index contributed by atoms with van der Waals surface area (Å²) >= 11 is 13.5. The van der Waals surface area contributed by atoms with Gasteiger partial charge in [0.1, 0.15) is 5.03 Å². The molecule has 1 aromatic rings. The maximum Gasteiger partial charge on any atom is 0.123 e. The maximum atomic E-state index is 4.33. The quantitative estimate of drug-likeness (QED) is 0.435. The zero-order chi connectivity index (χ0) is 10.6. The molecule has 0 fully saturated rings. The summed E-state index contributed by atoms with van der Waals surface area (Å²) in [5.41, 5.74) is 0. The van der Waals surface area contributed by atoms with Gasteiger partial charge in [-0.2, -0.15) is 0 Å². The topological polar surface area (TPSA) is 12.9 Å². The molecule has 1 heterocycles.